The van der Waals surface area contributed by atoms with Gasteiger partial charge in [-0.3, -0.25) is 4.79 Å². The number of aromatic hydroxyl groups is 1. The van der Waals surface area contributed by atoms with E-state index in [1.165, 1.54) is 6.33 Å². The minimum atomic E-state index is -0.232. The maximum atomic E-state index is 12.3. The molecule has 0 unspecified atom stereocenters. The number of carbonyl (C=O) groups is 1. The van der Waals surface area contributed by atoms with E-state index in [9.17, 15) is 9.90 Å². The Kier molecular flexibility index (Phi) is 5.43. The number of hydrogen-bond donors (Lipinski definition) is 1. The van der Waals surface area contributed by atoms with Crippen molar-refractivity contribution in [3.63, 3.8) is 0 Å². The summed E-state index contributed by atoms with van der Waals surface area (Å²) in [5.74, 6) is 0.820. The molecule has 26 heavy (non-hydrogen) atoms. The quantitative estimate of drug-likeness (QED) is 0.697. The summed E-state index contributed by atoms with van der Waals surface area (Å²) in [6.07, 6.45) is 4.89. The molecular formula is C20H17N3O2S. The molecule has 0 amide bonds. The van der Waals surface area contributed by atoms with Crippen molar-refractivity contribution in [3.8, 4) is 5.75 Å². The molecule has 1 N–H and O–H groups in total. The molecule has 3 aromatic rings. The maximum Gasteiger partial charge on any atom is 0.261 e. The molecule has 0 saturated carbocycles. The van der Waals surface area contributed by atoms with Gasteiger partial charge in [0.2, 0.25) is 5.82 Å². The van der Waals surface area contributed by atoms with Gasteiger partial charge in [-0.2, -0.15) is 0 Å². The third-order valence-corrected chi connectivity index (χ3v) is 4.54. The SMILES string of the molecule is Cc1cc(/C=C/c2ncnc(C(=O)Sc3ccccc3)n2)cc(C)c1O. The summed E-state index contributed by atoms with van der Waals surface area (Å²) in [6.45, 7) is 3.69. The topological polar surface area (TPSA) is 76.0 Å². The van der Waals surface area contributed by atoms with Crippen LogP contribution < -0.4 is 0 Å². The van der Waals surface area contributed by atoms with Crippen LogP contribution in [-0.2, 0) is 0 Å². The Bertz CT molecular complexity index is 949. The van der Waals surface area contributed by atoms with Gasteiger partial charge in [0.15, 0.2) is 5.82 Å². The fourth-order valence-electron chi connectivity index (χ4n) is 2.39. The van der Waals surface area contributed by atoms with Crippen LogP contribution in [0.15, 0.2) is 53.7 Å². The van der Waals surface area contributed by atoms with Gasteiger partial charge in [0.05, 0.1) is 0 Å². The average Bonchev–Trinajstić information content (AvgIpc) is 2.65. The highest BCUT2D eigenvalue weighted by Crippen LogP contribution is 2.24. The molecule has 2 aromatic carbocycles. The highest BCUT2D eigenvalue weighted by molar-refractivity contribution is 8.14. The number of phenols is 1. The Labute approximate surface area is 155 Å². The molecule has 0 aliphatic rings. The first kappa shape index (κ1) is 17.8. The third kappa shape index (κ3) is 4.34. The predicted molar refractivity (Wildman–Crippen MR) is 103 cm³/mol. The second-order valence-electron chi connectivity index (χ2n) is 5.71. The number of aryl methyl sites for hydroxylation is 2. The van der Waals surface area contributed by atoms with Gasteiger partial charge >= 0.3 is 0 Å². The maximum absolute atomic E-state index is 12.3. The van der Waals surface area contributed by atoms with E-state index in [1.54, 1.807) is 6.08 Å². The van der Waals surface area contributed by atoms with Gasteiger partial charge < -0.3 is 5.11 Å². The van der Waals surface area contributed by atoms with E-state index in [2.05, 4.69) is 15.0 Å². The Morgan fingerprint density at radius 2 is 1.73 bits per heavy atom. The predicted octanol–water partition coefficient (Wildman–Crippen LogP) is 4.30. The molecule has 0 bridgehead atoms. The van der Waals surface area contributed by atoms with Crippen LogP contribution >= 0.6 is 11.8 Å². The van der Waals surface area contributed by atoms with Gasteiger partial charge in [0.25, 0.3) is 5.12 Å². The van der Waals surface area contributed by atoms with Crippen LogP contribution in [0.4, 0.5) is 0 Å². The number of hydrogen-bond acceptors (Lipinski definition) is 6. The first-order valence-corrected chi connectivity index (χ1v) is 8.79. The number of rotatable bonds is 4. The lowest BCUT2D eigenvalue weighted by molar-refractivity contribution is 0.108. The van der Waals surface area contributed by atoms with Crippen LogP contribution in [0.25, 0.3) is 12.2 Å². The van der Waals surface area contributed by atoms with E-state index in [0.29, 0.717) is 11.6 Å². The van der Waals surface area contributed by atoms with Crippen molar-refractivity contribution in [2.24, 2.45) is 0 Å². The minimum absolute atomic E-state index is 0.117. The molecule has 0 saturated heterocycles. The largest absolute Gasteiger partial charge is 0.507 e. The smallest absolute Gasteiger partial charge is 0.261 e. The summed E-state index contributed by atoms with van der Waals surface area (Å²) in [4.78, 5) is 25.4. The molecule has 0 atom stereocenters. The summed E-state index contributed by atoms with van der Waals surface area (Å²) >= 11 is 1.08. The summed E-state index contributed by atoms with van der Waals surface area (Å²) in [6, 6.07) is 13.1. The van der Waals surface area contributed by atoms with Crippen LogP contribution in [-0.4, -0.2) is 25.2 Å². The van der Waals surface area contributed by atoms with Gasteiger partial charge in [-0.1, -0.05) is 24.3 Å². The zero-order valence-corrected chi connectivity index (χ0v) is 15.2. The molecule has 1 aromatic heterocycles. The summed E-state index contributed by atoms with van der Waals surface area (Å²) < 4.78 is 0. The normalized spacial score (nSPS) is 11.0. The van der Waals surface area contributed by atoms with E-state index in [-0.39, 0.29) is 10.9 Å². The van der Waals surface area contributed by atoms with Crippen molar-refractivity contribution >= 4 is 29.0 Å². The molecule has 0 aliphatic heterocycles. The van der Waals surface area contributed by atoms with Crippen LogP contribution in [0.1, 0.15) is 33.1 Å². The Hall–Kier alpha value is -2.99. The standard InChI is InChI=1S/C20H17N3O2S/c1-13-10-15(11-14(2)18(13)24)8-9-17-21-12-22-19(23-17)20(25)26-16-6-4-3-5-7-16/h3-12,24H,1-2H3/b9-8+. The van der Waals surface area contributed by atoms with Gasteiger partial charge in [0, 0.05) is 4.90 Å². The zero-order chi connectivity index (χ0) is 18.5. The highest BCUT2D eigenvalue weighted by atomic mass is 32.2. The fraction of sp³-hybridized carbons (Fsp3) is 0.100. The van der Waals surface area contributed by atoms with Gasteiger partial charge in [-0.25, -0.2) is 15.0 Å². The second kappa shape index (κ2) is 7.93. The molecule has 0 fully saturated rings. The minimum Gasteiger partial charge on any atom is -0.507 e. The van der Waals surface area contributed by atoms with Crippen molar-refractivity contribution < 1.29 is 9.90 Å². The highest BCUT2D eigenvalue weighted by Gasteiger charge is 2.12. The summed E-state index contributed by atoms with van der Waals surface area (Å²) in [5.41, 5.74) is 2.52. The van der Waals surface area contributed by atoms with E-state index in [0.717, 1.165) is 33.3 Å². The van der Waals surface area contributed by atoms with E-state index in [1.807, 2.05) is 62.4 Å². The van der Waals surface area contributed by atoms with Crippen LogP contribution in [0, 0.1) is 13.8 Å². The van der Waals surface area contributed by atoms with E-state index in [4.69, 9.17) is 0 Å². The second-order valence-corrected chi connectivity index (χ2v) is 6.75. The molecule has 1 heterocycles. The number of aromatic nitrogens is 3. The molecule has 6 heteroatoms. The van der Waals surface area contributed by atoms with E-state index < -0.39 is 0 Å². The Balaban J connectivity index is 1.78. The lowest BCUT2D eigenvalue weighted by Crippen LogP contribution is -2.04. The van der Waals surface area contributed by atoms with Crippen molar-refractivity contribution in [3.05, 3.63) is 77.1 Å². The third-order valence-electron chi connectivity index (χ3n) is 3.67. The summed E-state index contributed by atoms with van der Waals surface area (Å²) in [5, 5.41) is 9.61. The molecule has 0 spiro atoms. The van der Waals surface area contributed by atoms with Crippen molar-refractivity contribution in [2.45, 2.75) is 18.7 Å². The number of carbonyl (C=O) groups excluding carboxylic acids is 1. The summed E-state index contributed by atoms with van der Waals surface area (Å²) in [7, 11) is 0. The number of nitrogens with zero attached hydrogens (tertiary/aromatic N) is 3. The first-order valence-electron chi connectivity index (χ1n) is 7.97. The number of benzene rings is 2. The molecule has 0 radical (unpaired) electrons. The Morgan fingerprint density at radius 3 is 2.42 bits per heavy atom. The lowest BCUT2D eigenvalue weighted by atomic mass is 10.1. The van der Waals surface area contributed by atoms with Crippen LogP contribution in [0.3, 0.4) is 0 Å². The first-order chi connectivity index (χ1) is 12.5. The van der Waals surface area contributed by atoms with Gasteiger partial charge in [0.1, 0.15) is 12.1 Å². The molecule has 130 valence electrons. The Morgan fingerprint density at radius 1 is 1.04 bits per heavy atom. The van der Waals surface area contributed by atoms with Gasteiger partial charge in [-0.05, 0) is 72.6 Å². The molecule has 5 nitrogen and oxygen atoms in total. The zero-order valence-electron chi connectivity index (χ0n) is 14.4. The van der Waals surface area contributed by atoms with Crippen LogP contribution in [0.5, 0.6) is 5.75 Å². The lowest BCUT2D eigenvalue weighted by Gasteiger charge is -2.04. The number of phenolic OH excluding ortho intramolecular Hbond substituents is 1. The molecule has 0 aliphatic carbocycles. The molecular weight excluding hydrogens is 346 g/mol. The van der Waals surface area contributed by atoms with E-state index >= 15 is 0 Å². The fourth-order valence-corrected chi connectivity index (χ4v) is 3.08. The average molecular weight is 363 g/mol. The monoisotopic (exact) mass is 363 g/mol. The molecule has 3 rings (SSSR count). The number of thioether (sulfide) groups is 1. The van der Waals surface area contributed by atoms with Crippen LogP contribution in [0.2, 0.25) is 0 Å². The van der Waals surface area contributed by atoms with Gasteiger partial charge in [-0.15, -0.1) is 0 Å². The van der Waals surface area contributed by atoms with Crippen molar-refractivity contribution in [2.75, 3.05) is 0 Å². The van der Waals surface area contributed by atoms with Crippen molar-refractivity contribution in [1.29, 1.82) is 0 Å². The van der Waals surface area contributed by atoms with Crippen molar-refractivity contribution in [1.82, 2.24) is 15.0 Å².